The minimum Gasteiger partial charge on any atom is -0.309 e. The summed E-state index contributed by atoms with van der Waals surface area (Å²) in [6.07, 6.45) is 2.18. The first-order valence-corrected chi connectivity index (χ1v) is 7.78. The predicted molar refractivity (Wildman–Crippen MR) is 75.9 cm³/mol. The van der Waals surface area contributed by atoms with Crippen LogP contribution in [0.1, 0.15) is 35.3 Å². The molecule has 0 saturated heterocycles. The van der Waals surface area contributed by atoms with Gasteiger partial charge in [-0.15, -0.1) is 22.7 Å². The molecule has 0 aliphatic rings. The molecule has 0 fully saturated rings. The van der Waals surface area contributed by atoms with Crippen LogP contribution in [0.15, 0.2) is 23.0 Å². The summed E-state index contributed by atoms with van der Waals surface area (Å²) in [7, 11) is 0. The van der Waals surface area contributed by atoms with Crippen LogP contribution < -0.4 is 5.32 Å². The molecule has 0 spiro atoms. The Morgan fingerprint density at radius 2 is 2.12 bits per heavy atom. The molecule has 1 atom stereocenters. The lowest BCUT2D eigenvalue weighted by Gasteiger charge is -2.14. The summed E-state index contributed by atoms with van der Waals surface area (Å²) in [5.41, 5.74) is 3.08. The van der Waals surface area contributed by atoms with E-state index in [0.29, 0.717) is 6.04 Å². The molecule has 0 bridgehead atoms. The molecule has 0 saturated carbocycles. The van der Waals surface area contributed by atoms with Gasteiger partial charge in [0.25, 0.3) is 0 Å². The number of nitrogens with zero attached hydrogens (tertiary/aromatic N) is 1. The number of aryl methyl sites for hydroxylation is 1. The predicted octanol–water partition coefficient (Wildman–Crippen LogP) is 3.66. The van der Waals surface area contributed by atoms with Crippen LogP contribution in [0.3, 0.4) is 0 Å². The van der Waals surface area contributed by atoms with Crippen molar-refractivity contribution in [3.63, 3.8) is 0 Å². The van der Waals surface area contributed by atoms with E-state index < -0.39 is 0 Å². The van der Waals surface area contributed by atoms with Crippen molar-refractivity contribution in [1.29, 1.82) is 0 Å². The number of aromatic nitrogens is 1. The van der Waals surface area contributed by atoms with Crippen molar-refractivity contribution < 1.29 is 0 Å². The lowest BCUT2D eigenvalue weighted by atomic mass is 10.1. The maximum atomic E-state index is 4.42. The molecule has 2 rings (SSSR count). The number of hydrogen-bond acceptors (Lipinski definition) is 4. The second-order valence-electron chi connectivity index (χ2n) is 3.95. The Hall–Kier alpha value is -0.710. The van der Waals surface area contributed by atoms with E-state index in [1.54, 1.807) is 11.3 Å². The number of thiazole rings is 1. The summed E-state index contributed by atoms with van der Waals surface area (Å²) in [5.74, 6) is 0. The van der Waals surface area contributed by atoms with Gasteiger partial charge >= 0.3 is 0 Å². The van der Waals surface area contributed by atoms with E-state index >= 15 is 0 Å². The molecule has 0 radical (unpaired) electrons. The minimum absolute atomic E-state index is 0.356. The molecule has 4 heteroatoms. The second kappa shape index (κ2) is 6.28. The third-order valence-electron chi connectivity index (χ3n) is 2.73. The van der Waals surface area contributed by atoms with E-state index in [-0.39, 0.29) is 0 Å². The van der Waals surface area contributed by atoms with Gasteiger partial charge in [-0.1, -0.05) is 13.8 Å². The summed E-state index contributed by atoms with van der Waals surface area (Å²) in [6.45, 7) is 5.33. The molecule has 0 aromatic carbocycles. The zero-order chi connectivity index (χ0) is 12.1. The highest BCUT2D eigenvalue weighted by molar-refractivity contribution is 7.12. The molecule has 2 aromatic rings. The molecule has 92 valence electrons. The van der Waals surface area contributed by atoms with Crippen LogP contribution in [0.25, 0.3) is 0 Å². The van der Waals surface area contributed by atoms with E-state index in [4.69, 9.17) is 0 Å². The topological polar surface area (TPSA) is 24.9 Å². The normalized spacial score (nSPS) is 12.8. The SMILES string of the molecule is CCNC(Cc1ccc(CC)s1)c1cscn1. The van der Waals surface area contributed by atoms with Crippen molar-refractivity contribution >= 4 is 22.7 Å². The first-order chi connectivity index (χ1) is 8.33. The summed E-state index contributed by atoms with van der Waals surface area (Å²) in [5, 5.41) is 5.65. The Bertz CT molecular complexity index is 434. The number of rotatable bonds is 6. The minimum atomic E-state index is 0.356. The van der Waals surface area contributed by atoms with Gasteiger partial charge in [-0.25, -0.2) is 4.98 Å². The maximum Gasteiger partial charge on any atom is 0.0795 e. The largest absolute Gasteiger partial charge is 0.309 e. The van der Waals surface area contributed by atoms with Crippen molar-refractivity contribution in [3.05, 3.63) is 38.5 Å². The lowest BCUT2D eigenvalue weighted by molar-refractivity contribution is 0.542. The van der Waals surface area contributed by atoms with Crippen LogP contribution >= 0.6 is 22.7 Å². The Morgan fingerprint density at radius 1 is 1.29 bits per heavy atom. The first-order valence-electron chi connectivity index (χ1n) is 6.02. The highest BCUT2D eigenvalue weighted by atomic mass is 32.1. The standard InChI is InChI=1S/C13H18N2S2/c1-3-10-5-6-11(17-10)7-12(14-4-2)13-8-16-9-15-13/h5-6,8-9,12,14H,3-4,7H2,1-2H3. The van der Waals surface area contributed by atoms with Gasteiger partial charge in [-0.2, -0.15) is 0 Å². The Balaban J connectivity index is 2.07. The Labute approximate surface area is 111 Å². The van der Waals surface area contributed by atoms with Crippen LogP contribution in [-0.4, -0.2) is 11.5 Å². The fraction of sp³-hybridized carbons (Fsp3) is 0.462. The van der Waals surface area contributed by atoms with Crippen molar-refractivity contribution in [3.8, 4) is 0 Å². The average Bonchev–Trinajstić information content (AvgIpc) is 2.99. The van der Waals surface area contributed by atoms with Gasteiger partial charge < -0.3 is 5.32 Å². The van der Waals surface area contributed by atoms with E-state index in [1.807, 2.05) is 16.8 Å². The fourth-order valence-electron chi connectivity index (χ4n) is 1.84. The van der Waals surface area contributed by atoms with Crippen molar-refractivity contribution in [1.82, 2.24) is 10.3 Å². The summed E-state index contributed by atoms with van der Waals surface area (Å²) >= 11 is 3.59. The van der Waals surface area contributed by atoms with Crippen LogP contribution in [0.4, 0.5) is 0 Å². The van der Waals surface area contributed by atoms with E-state index in [2.05, 4.69) is 41.7 Å². The van der Waals surface area contributed by atoms with Crippen LogP contribution in [0.5, 0.6) is 0 Å². The Kier molecular flexibility index (Phi) is 4.71. The molecule has 2 aromatic heterocycles. The molecule has 0 amide bonds. The molecule has 2 heterocycles. The molecule has 2 nitrogen and oxygen atoms in total. The monoisotopic (exact) mass is 266 g/mol. The zero-order valence-corrected chi connectivity index (χ0v) is 11.9. The van der Waals surface area contributed by atoms with Gasteiger partial charge in [0.1, 0.15) is 0 Å². The molecular weight excluding hydrogens is 248 g/mol. The van der Waals surface area contributed by atoms with Gasteiger partial charge in [0.15, 0.2) is 0 Å². The molecular formula is C13H18N2S2. The van der Waals surface area contributed by atoms with Crippen LogP contribution in [0.2, 0.25) is 0 Å². The van der Waals surface area contributed by atoms with E-state index in [9.17, 15) is 0 Å². The highest BCUT2D eigenvalue weighted by Crippen LogP contribution is 2.24. The number of thiophene rings is 1. The van der Waals surface area contributed by atoms with Crippen LogP contribution in [-0.2, 0) is 12.8 Å². The molecule has 1 unspecified atom stereocenters. The van der Waals surface area contributed by atoms with Crippen molar-refractivity contribution in [2.75, 3.05) is 6.54 Å². The highest BCUT2D eigenvalue weighted by Gasteiger charge is 2.14. The van der Waals surface area contributed by atoms with Gasteiger partial charge in [0.05, 0.1) is 17.2 Å². The molecule has 1 N–H and O–H groups in total. The van der Waals surface area contributed by atoms with Gasteiger partial charge in [0, 0.05) is 21.6 Å². The fourth-order valence-corrected chi connectivity index (χ4v) is 3.46. The van der Waals surface area contributed by atoms with E-state index in [0.717, 1.165) is 19.4 Å². The number of hydrogen-bond donors (Lipinski definition) is 1. The van der Waals surface area contributed by atoms with Gasteiger partial charge in [-0.05, 0) is 25.1 Å². The molecule has 0 aliphatic carbocycles. The summed E-state index contributed by atoms with van der Waals surface area (Å²) in [4.78, 5) is 7.33. The zero-order valence-electron chi connectivity index (χ0n) is 10.3. The summed E-state index contributed by atoms with van der Waals surface area (Å²) < 4.78 is 0. The first kappa shape index (κ1) is 12.7. The third-order valence-corrected chi connectivity index (χ3v) is 4.59. The lowest BCUT2D eigenvalue weighted by Crippen LogP contribution is -2.22. The average molecular weight is 266 g/mol. The van der Waals surface area contributed by atoms with E-state index in [1.165, 1.54) is 15.4 Å². The third kappa shape index (κ3) is 3.37. The molecule has 17 heavy (non-hydrogen) atoms. The van der Waals surface area contributed by atoms with Crippen molar-refractivity contribution in [2.24, 2.45) is 0 Å². The molecule has 0 aliphatic heterocycles. The second-order valence-corrected chi connectivity index (χ2v) is 5.92. The number of nitrogens with one attached hydrogen (secondary N) is 1. The van der Waals surface area contributed by atoms with Crippen LogP contribution in [0, 0.1) is 0 Å². The smallest absolute Gasteiger partial charge is 0.0795 e. The Morgan fingerprint density at radius 3 is 2.71 bits per heavy atom. The summed E-state index contributed by atoms with van der Waals surface area (Å²) in [6, 6.07) is 4.85. The maximum absolute atomic E-state index is 4.42. The number of likely N-dealkylation sites (N-methyl/N-ethyl adjacent to an activating group) is 1. The van der Waals surface area contributed by atoms with Gasteiger partial charge in [0.2, 0.25) is 0 Å². The van der Waals surface area contributed by atoms with Crippen molar-refractivity contribution in [2.45, 2.75) is 32.7 Å². The quantitative estimate of drug-likeness (QED) is 0.863. The van der Waals surface area contributed by atoms with Gasteiger partial charge in [-0.3, -0.25) is 0 Å².